The Morgan fingerprint density at radius 3 is 2.87 bits per heavy atom. The maximum Gasteiger partial charge on any atom is 0.410 e. The van der Waals surface area contributed by atoms with Crippen molar-refractivity contribution in [1.82, 2.24) is 9.88 Å². The largest absolute Gasteiger partial charge is 0.444 e. The Morgan fingerprint density at radius 1 is 1.52 bits per heavy atom. The fourth-order valence-corrected chi connectivity index (χ4v) is 5.21. The maximum atomic E-state index is 12.4. The van der Waals surface area contributed by atoms with Crippen LogP contribution in [-0.4, -0.2) is 44.1 Å². The van der Waals surface area contributed by atoms with E-state index in [2.05, 4.69) is 4.98 Å². The predicted octanol–water partition coefficient (Wildman–Crippen LogP) is 3.83. The predicted molar refractivity (Wildman–Crippen MR) is 94.4 cm³/mol. The lowest BCUT2D eigenvalue weighted by atomic mass is 10.0. The number of thiazole rings is 1. The van der Waals surface area contributed by atoms with Gasteiger partial charge in [-0.2, -0.15) is 0 Å². The minimum atomic E-state index is -1.05. The lowest BCUT2D eigenvalue weighted by Crippen LogP contribution is -2.48. The van der Waals surface area contributed by atoms with Crippen molar-refractivity contribution in [3.05, 3.63) is 15.5 Å². The summed E-state index contributed by atoms with van der Waals surface area (Å²) in [7, 11) is -1.05. The summed E-state index contributed by atoms with van der Waals surface area (Å²) in [5.74, 6) is 0.901. The van der Waals surface area contributed by atoms with Gasteiger partial charge in [0.25, 0.3) is 0 Å². The quantitative estimate of drug-likeness (QED) is 0.798. The van der Waals surface area contributed by atoms with E-state index in [0.717, 1.165) is 24.1 Å². The Hall–Kier alpha value is -0.660. The number of likely N-dealkylation sites (tertiary alicyclic amines) is 1. The molecule has 0 saturated carbocycles. The highest BCUT2D eigenvalue weighted by molar-refractivity contribution is 7.84. The van der Waals surface area contributed by atoms with E-state index in [4.69, 9.17) is 16.3 Å². The van der Waals surface area contributed by atoms with E-state index in [0.29, 0.717) is 22.5 Å². The monoisotopic (exact) mass is 378 g/mol. The van der Waals surface area contributed by atoms with Crippen LogP contribution in [0.2, 0.25) is 4.47 Å². The molecular formula is C15H23ClN2O3S2. The lowest BCUT2D eigenvalue weighted by Gasteiger charge is -2.36. The number of aromatic nitrogens is 1. The Kier molecular flexibility index (Phi) is 6.45. The molecular weight excluding hydrogens is 356 g/mol. The highest BCUT2D eigenvalue weighted by Crippen LogP contribution is 2.23. The average Bonchev–Trinajstić information content (AvgIpc) is 2.82. The standard InChI is InChI=1S/C15H23ClN2O3S2/c1-15(2,3)21-14(19)18-7-5-4-6-11(18)9-23(20)10-12-8-17-13(16)22-12/h8,11H,4-7,9-10H2,1-3H3/t11-,23+/m0/s1. The van der Waals surface area contributed by atoms with Crippen molar-refractivity contribution < 1.29 is 13.7 Å². The molecule has 0 spiro atoms. The third-order valence-electron chi connectivity index (χ3n) is 3.46. The van der Waals surface area contributed by atoms with Crippen LogP contribution in [0, 0.1) is 0 Å². The number of nitrogens with zero attached hydrogens (tertiary/aromatic N) is 2. The molecule has 0 bridgehead atoms. The van der Waals surface area contributed by atoms with Gasteiger partial charge in [0.05, 0.1) is 5.75 Å². The molecule has 0 unspecified atom stereocenters. The van der Waals surface area contributed by atoms with Gasteiger partial charge < -0.3 is 9.64 Å². The number of piperidine rings is 1. The Balaban J connectivity index is 1.95. The van der Waals surface area contributed by atoms with Crippen molar-refractivity contribution >= 4 is 39.8 Å². The molecule has 0 aromatic carbocycles. The van der Waals surface area contributed by atoms with E-state index < -0.39 is 16.4 Å². The van der Waals surface area contributed by atoms with Gasteiger partial charge in [0.15, 0.2) is 4.47 Å². The number of rotatable bonds is 4. The molecule has 0 aliphatic carbocycles. The molecule has 2 rings (SSSR count). The van der Waals surface area contributed by atoms with Crippen molar-refractivity contribution in [3.63, 3.8) is 0 Å². The van der Waals surface area contributed by atoms with Crippen LogP contribution in [0.3, 0.4) is 0 Å². The van der Waals surface area contributed by atoms with Gasteiger partial charge in [-0.05, 0) is 40.0 Å². The smallest absolute Gasteiger partial charge is 0.410 e. The summed E-state index contributed by atoms with van der Waals surface area (Å²) in [6.45, 7) is 6.24. The molecule has 8 heteroatoms. The minimum Gasteiger partial charge on any atom is -0.444 e. The Labute approximate surface area is 148 Å². The molecule has 1 aromatic rings. The molecule has 2 heterocycles. The van der Waals surface area contributed by atoms with E-state index in [1.807, 2.05) is 20.8 Å². The van der Waals surface area contributed by atoms with E-state index in [1.165, 1.54) is 11.3 Å². The molecule has 2 atom stereocenters. The summed E-state index contributed by atoms with van der Waals surface area (Å²) in [5.41, 5.74) is -0.516. The highest BCUT2D eigenvalue weighted by Gasteiger charge is 2.31. The molecule has 1 fully saturated rings. The molecule has 1 saturated heterocycles. The number of hydrogen-bond donors (Lipinski definition) is 0. The first kappa shape index (κ1) is 18.7. The average molecular weight is 379 g/mol. The molecule has 1 aliphatic rings. The fraction of sp³-hybridized carbons (Fsp3) is 0.733. The zero-order valence-corrected chi connectivity index (χ0v) is 16.1. The molecule has 1 amide bonds. The second-order valence-electron chi connectivity index (χ2n) is 6.65. The summed E-state index contributed by atoms with van der Waals surface area (Å²) >= 11 is 7.15. The first-order valence-corrected chi connectivity index (χ1v) is 10.4. The molecule has 1 aliphatic heterocycles. The zero-order chi connectivity index (χ0) is 17.0. The number of ether oxygens (including phenoxy) is 1. The van der Waals surface area contributed by atoms with Gasteiger partial charge in [-0.25, -0.2) is 9.78 Å². The zero-order valence-electron chi connectivity index (χ0n) is 13.7. The van der Waals surface area contributed by atoms with Crippen LogP contribution in [0.5, 0.6) is 0 Å². The number of hydrogen-bond acceptors (Lipinski definition) is 5. The lowest BCUT2D eigenvalue weighted by molar-refractivity contribution is 0.0125. The number of carbonyl (C=O) groups excluding carboxylic acids is 1. The van der Waals surface area contributed by atoms with Gasteiger partial charge in [-0.15, -0.1) is 11.3 Å². The number of carbonyl (C=O) groups is 1. The highest BCUT2D eigenvalue weighted by atomic mass is 35.5. The SMILES string of the molecule is CC(C)(C)OC(=O)N1CCCC[C@H]1C[S@@](=O)Cc1cnc(Cl)s1. The summed E-state index contributed by atoms with van der Waals surface area (Å²) in [6.07, 6.45) is 4.24. The molecule has 23 heavy (non-hydrogen) atoms. The number of halogens is 1. The van der Waals surface area contributed by atoms with Crippen molar-refractivity contribution in [3.8, 4) is 0 Å². The van der Waals surface area contributed by atoms with Crippen LogP contribution >= 0.6 is 22.9 Å². The molecule has 0 N–H and O–H groups in total. The number of amides is 1. The fourth-order valence-electron chi connectivity index (χ4n) is 2.52. The van der Waals surface area contributed by atoms with Gasteiger partial charge in [-0.1, -0.05) is 11.6 Å². The van der Waals surface area contributed by atoms with E-state index >= 15 is 0 Å². The van der Waals surface area contributed by atoms with Crippen molar-refractivity contribution in [1.29, 1.82) is 0 Å². The van der Waals surface area contributed by atoms with Gasteiger partial charge in [0, 0.05) is 40.2 Å². The molecule has 5 nitrogen and oxygen atoms in total. The van der Waals surface area contributed by atoms with E-state index in [-0.39, 0.29) is 12.1 Å². The van der Waals surface area contributed by atoms with Gasteiger partial charge in [-0.3, -0.25) is 4.21 Å². The summed E-state index contributed by atoms with van der Waals surface area (Å²) in [4.78, 5) is 19.0. The topological polar surface area (TPSA) is 59.5 Å². The molecule has 1 aromatic heterocycles. The summed E-state index contributed by atoms with van der Waals surface area (Å²) in [6, 6.07) is -0.0252. The maximum absolute atomic E-state index is 12.4. The first-order valence-electron chi connectivity index (χ1n) is 7.69. The second-order valence-corrected chi connectivity index (χ2v) is 9.85. The summed E-state index contributed by atoms with van der Waals surface area (Å²) in [5, 5.41) is 0. The van der Waals surface area contributed by atoms with Crippen LogP contribution in [-0.2, 0) is 21.3 Å². The molecule has 130 valence electrons. The minimum absolute atomic E-state index is 0.0252. The second kappa shape index (κ2) is 7.94. The van der Waals surface area contributed by atoms with Crippen LogP contribution in [0.25, 0.3) is 0 Å². The van der Waals surface area contributed by atoms with Crippen LogP contribution in [0.1, 0.15) is 44.9 Å². The van der Waals surface area contributed by atoms with E-state index in [1.54, 1.807) is 11.1 Å². The first-order chi connectivity index (χ1) is 10.7. The normalized spacial score (nSPS) is 20.3. The summed E-state index contributed by atoms with van der Waals surface area (Å²) < 4.78 is 18.3. The van der Waals surface area contributed by atoms with Gasteiger partial charge >= 0.3 is 6.09 Å². The van der Waals surface area contributed by atoms with Crippen LogP contribution in [0.15, 0.2) is 6.20 Å². The Morgan fingerprint density at radius 2 is 2.26 bits per heavy atom. The van der Waals surface area contributed by atoms with Crippen molar-refractivity contribution in [2.24, 2.45) is 0 Å². The van der Waals surface area contributed by atoms with Gasteiger partial charge in [0.2, 0.25) is 0 Å². The van der Waals surface area contributed by atoms with Crippen LogP contribution < -0.4 is 0 Å². The van der Waals surface area contributed by atoms with Crippen LogP contribution in [0.4, 0.5) is 4.79 Å². The van der Waals surface area contributed by atoms with Gasteiger partial charge in [0.1, 0.15) is 5.60 Å². The van der Waals surface area contributed by atoms with Crippen molar-refractivity contribution in [2.75, 3.05) is 12.3 Å². The van der Waals surface area contributed by atoms with E-state index in [9.17, 15) is 9.00 Å². The third-order valence-corrected chi connectivity index (χ3v) is 6.15. The molecule has 0 radical (unpaired) electrons. The third kappa shape index (κ3) is 6.04. The van der Waals surface area contributed by atoms with Crippen molar-refractivity contribution in [2.45, 2.75) is 57.4 Å². The Bertz CT molecular complexity index is 571.